The minimum Gasteiger partial charge on any atom is -0.456 e. The first kappa shape index (κ1) is 38.9. The number of unbranched alkanes of at least 4 members (excludes halogenated alkanes) is 13. The highest BCUT2D eigenvalue weighted by Crippen LogP contribution is 2.44. The van der Waals surface area contributed by atoms with E-state index in [-0.39, 0.29) is 24.7 Å². The molecule has 3 atom stereocenters. The SMILES string of the molecule is CCCCCCCCCCCSC(CCCCCCCC)CCOC(C)COP(=O)(O)C(=O)OCC(C)(C)C. The summed E-state index contributed by atoms with van der Waals surface area (Å²) in [5.41, 5.74) is -1.49. The van der Waals surface area contributed by atoms with Crippen molar-refractivity contribution in [3.63, 3.8) is 0 Å². The van der Waals surface area contributed by atoms with Crippen LogP contribution in [0.15, 0.2) is 0 Å². The lowest BCUT2D eigenvalue weighted by molar-refractivity contribution is 0.0270. The van der Waals surface area contributed by atoms with Gasteiger partial charge >= 0.3 is 13.3 Å². The molecule has 3 unspecified atom stereocenters. The zero-order chi connectivity index (χ0) is 29.4. The van der Waals surface area contributed by atoms with Crippen LogP contribution in [0.5, 0.6) is 0 Å². The number of thioether (sulfide) groups is 1. The minimum atomic E-state index is -4.48. The third-order valence-electron chi connectivity index (χ3n) is 6.67. The zero-order valence-electron chi connectivity index (χ0n) is 26.3. The van der Waals surface area contributed by atoms with Crippen molar-refractivity contribution in [1.29, 1.82) is 0 Å². The number of carbonyl (C=O) groups is 1. The smallest absolute Gasteiger partial charge is 0.435 e. The quantitative estimate of drug-likeness (QED) is 0.0748. The van der Waals surface area contributed by atoms with Crippen molar-refractivity contribution in [2.24, 2.45) is 5.41 Å². The fraction of sp³-hybridized carbons (Fsp3) is 0.968. The summed E-state index contributed by atoms with van der Waals surface area (Å²) >= 11 is 2.09. The summed E-state index contributed by atoms with van der Waals surface area (Å²) in [5, 5.41) is 0.578. The molecule has 0 rings (SSSR count). The Balaban J connectivity index is 4.32. The van der Waals surface area contributed by atoms with Gasteiger partial charge < -0.3 is 14.4 Å². The second-order valence-corrected chi connectivity index (χ2v) is 15.4. The van der Waals surface area contributed by atoms with Crippen LogP contribution >= 0.6 is 19.4 Å². The van der Waals surface area contributed by atoms with E-state index in [1.807, 2.05) is 20.8 Å². The van der Waals surface area contributed by atoms with E-state index in [0.717, 1.165) is 6.42 Å². The average Bonchev–Trinajstić information content (AvgIpc) is 2.88. The van der Waals surface area contributed by atoms with Crippen molar-refractivity contribution in [2.45, 2.75) is 162 Å². The Labute approximate surface area is 246 Å². The topological polar surface area (TPSA) is 82.1 Å². The summed E-state index contributed by atoms with van der Waals surface area (Å²) < 4.78 is 28.1. The fourth-order valence-corrected chi connectivity index (χ4v) is 6.24. The van der Waals surface area contributed by atoms with Crippen molar-refractivity contribution < 1.29 is 28.3 Å². The highest BCUT2D eigenvalue weighted by atomic mass is 32.2. The van der Waals surface area contributed by atoms with Crippen molar-refractivity contribution in [3.05, 3.63) is 0 Å². The Bertz CT molecular complexity index is 625. The lowest BCUT2D eigenvalue weighted by atomic mass is 9.99. The van der Waals surface area contributed by atoms with Crippen LogP contribution in [-0.2, 0) is 18.6 Å². The van der Waals surface area contributed by atoms with Crippen LogP contribution in [-0.4, -0.2) is 47.5 Å². The Morgan fingerprint density at radius 1 is 0.821 bits per heavy atom. The summed E-state index contributed by atoms with van der Waals surface area (Å²) in [6, 6.07) is 0. The number of hydrogen-bond donors (Lipinski definition) is 1. The van der Waals surface area contributed by atoms with Gasteiger partial charge in [-0.05, 0) is 37.4 Å². The minimum absolute atomic E-state index is 0.0580. The maximum Gasteiger partial charge on any atom is 0.435 e. The Morgan fingerprint density at radius 2 is 1.33 bits per heavy atom. The summed E-state index contributed by atoms with van der Waals surface area (Å²) in [4.78, 5) is 21.9. The molecule has 0 bridgehead atoms. The van der Waals surface area contributed by atoms with Crippen LogP contribution in [0.25, 0.3) is 0 Å². The van der Waals surface area contributed by atoms with E-state index < -0.39 is 13.3 Å². The molecule has 8 heteroatoms. The lowest BCUT2D eigenvalue weighted by Crippen LogP contribution is -2.21. The molecule has 0 aromatic heterocycles. The average molecular weight is 595 g/mol. The molecule has 0 aliphatic rings. The van der Waals surface area contributed by atoms with Gasteiger partial charge in [0.2, 0.25) is 0 Å². The van der Waals surface area contributed by atoms with Crippen molar-refractivity contribution >= 4 is 25.1 Å². The highest BCUT2D eigenvalue weighted by Gasteiger charge is 2.34. The molecule has 0 saturated carbocycles. The van der Waals surface area contributed by atoms with Gasteiger partial charge in [-0.15, -0.1) is 0 Å². The molecule has 0 amide bonds. The fourth-order valence-electron chi connectivity index (χ4n) is 4.19. The second kappa shape index (κ2) is 24.5. The van der Waals surface area contributed by atoms with Crippen LogP contribution in [0.3, 0.4) is 0 Å². The van der Waals surface area contributed by atoms with Gasteiger partial charge in [-0.2, -0.15) is 11.8 Å². The van der Waals surface area contributed by atoms with Crippen LogP contribution in [0.4, 0.5) is 4.79 Å². The predicted molar refractivity (Wildman–Crippen MR) is 168 cm³/mol. The molecule has 0 heterocycles. The molecule has 0 radical (unpaired) electrons. The third-order valence-corrected chi connectivity index (χ3v) is 9.22. The second-order valence-electron chi connectivity index (χ2n) is 12.3. The molecule has 0 fully saturated rings. The van der Waals surface area contributed by atoms with E-state index in [0.29, 0.717) is 11.9 Å². The first-order chi connectivity index (χ1) is 18.5. The standard InChI is InChI=1S/C31H63O6PS/c1-7-9-11-13-15-16-17-19-21-25-39-29(22-20-18-14-12-10-8-2)23-24-35-28(3)26-37-38(33,34)30(32)36-27-31(4,5)6/h28-29H,7-27H2,1-6H3,(H,33,34). The molecule has 6 nitrogen and oxygen atoms in total. The van der Waals surface area contributed by atoms with Gasteiger partial charge in [0.15, 0.2) is 0 Å². The van der Waals surface area contributed by atoms with Crippen LogP contribution in [0, 0.1) is 5.41 Å². The van der Waals surface area contributed by atoms with Gasteiger partial charge in [0, 0.05) is 11.9 Å². The van der Waals surface area contributed by atoms with E-state index in [2.05, 4.69) is 25.6 Å². The van der Waals surface area contributed by atoms with E-state index >= 15 is 0 Å². The highest BCUT2D eigenvalue weighted by molar-refractivity contribution is 7.99. The van der Waals surface area contributed by atoms with Gasteiger partial charge in [-0.3, -0.25) is 4.52 Å². The van der Waals surface area contributed by atoms with Crippen molar-refractivity contribution in [1.82, 2.24) is 0 Å². The van der Waals surface area contributed by atoms with Gasteiger partial charge in [0.05, 0.1) is 19.3 Å². The number of rotatable bonds is 27. The molecule has 1 N–H and O–H groups in total. The predicted octanol–water partition coefficient (Wildman–Crippen LogP) is 10.5. The third kappa shape index (κ3) is 25.4. The molecular weight excluding hydrogens is 531 g/mol. The molecule has 0 aliphatic carbocycles. The van der Waals surface area contributed by atoms with Gasteiger partial charge in [0.25, 0.3) is 0 Å². The Morgan fingerprint density at radius 3 is 1.87 bits per heavy atom. The van der Waals surface area contributed by atoms with Crippen LogP contribution in [0.1, 0.15) is 151 Å². The van der Waals surface area contributed by atoms with Crippen LogP contribution < -0.4 is 0 Å². The largest absolute Gasteiger partial charge is 0.456 e. The van der Waals surface area contributed by atoms with Gasteiger partial charge in [0.1, 0.15) is 0 Å². The molecule has 0 saturated heterocycles. The molecule has 234 valence electrons. The Kier molecular flexibility index (Phi) is 24.5. The number of ether oxygens (including phenoxy) is 2. The molecule has 0 aromatic rings. The summed E-state index contributed by atoms with van der Waals surface area (Å²) in [5.74, 6) is 1.21. The molecule has 39 heavy (non-hydrogen) atoms. The van der Waals surface area contributed by atoms with E-state index in [9.17, 15) is 14.3 Å². The summed E-state index contributed by atoms with van der Waals surface area (Å²) in [7, 11) is -4.48. The number of hydrogen-bond acceptors (Lipinski definition) is 6. The zero-order valence-corrected chi connectivity index (χ0v) is 28.1. The maximum absolute atomic E-state index is 12.2. The lowest BCUT2D eigenvalue weighted by Gasteiger charge is -2.21. The van der Waals surface area contributed by atoms with Crippen molar-refractivity contribution in [2.75, 3.05) is 25.6 Å². The number of carbonyl (C=O) groups excluding carboxylic acids is 1. The Hall–Kier alpha value is -0.0700. The molecular formula is C31H63O6PS. The van der Waals surface area contributed by atoms with Gasteiger partial charge in [-0.25, -0.2) is 9.36 Å². The van der Waals surface area contributed by atoms with Crippen LogP contribution in [0.2, 0.25) is 0 Å². The molecule has 0 aromatic carbocycles. The maximum atomic E-state index is 12.2. The van der Waals surface area contributed by atoms with Gasteiger partial charge in [-0.1, -0.05) is 125 Å². The first-order valence-electron chi connectivity index (χ1n) is 15.9. The first-order valence-corrected chi connectivity index (χ1v) is 18.5. The summed E-state index contributed by atoms with van der Waals surface area (Å²) in [6.07, 6.45) is 21.9. The normalized spacial score (nSPS) is 15.2. The summed E-state index contributed by atoms with van der Waals surface area (Å²) in [6.45, 7) is 12.5. The molecule has 0 aliphatic heterocycles. The molecule has 0 spiro atoms. The van der Waals surface area contributed by atoms with E-state index in [1.54, 1.807) is 6.92 Å². The van der Waals surface area contributed by atoms with E-state index in [1.165, 1.54) is 108 Å². The van der Waals surface area contributed by atoms with E-state index in [4.69, 9.17) is 14.0 Å². The monoisotopic (exact) mass is 594 g/mol. The van der Waals surface area contributed by atoms with Crippen molar-refractivity contribution in [3.8, 4) is 0 Å².